The summed E-state index contributed by atoms with van der Waals surface area (Å²) in [4.78, 5) is 4.61. The van der Waals surface area contributed by atoms with Crippen LogP contribution in [0.1, 0.15) is 12.5 Å². The van der Waals surface area contributed by atoms with Gasteiger partial charge < -0.3 is 20.1 Å². The summed E-state index contributed by atoms with van der Waals surface area (Å²) in [5.41, 5.74) is 1.00. The SMILES string of the molecule is CCNC(=NCc1ccc(OC)cc1OC)NCCn1cccn1. The molecule has 0 aliphatic heterocycles. The Morgan fingerprint density at radius 1 is 1.25 bits per heavy atom. The standard InChI is InChI=1S/C17H25N5O2/c1-4-18-17(19-9-11-22-10-5-8-21-22)20-13-14-6-7-15(23-2)12-16(14)24-3/h5-8,10,12H,4,9,11,13H2,1-3H3,(H2,18,19,20). The van der Waals surface area contributed by atoms with Crippen molar-refractivity contribution < 1.29 is 9.47 Å². The molecule has 0 saturated carbocycles. The maximum Gasteiger partial charge on any atom is 0.191 e. The Balaban J connectivity index is 1.96. The van der Waals surface area contributed by atoms with Gasteiger partial charge in [-0.15, -0.1) is 0 Å². The third-order valence-corrected chi connectivity index (χ3v) is 3.44. The van der Waals surface area contributed by atoms with Crippen LogP contribution in [0.15, 0.2) is 41.7 Å². The number of aliphatic imine (C=N–C) groups is 1. The van der Waals surface area contributed by atoms with Gasteiger partial charge in [0.1, 0.15) is 11.5 Å². The van der Waals surface area contributed by atoms with Crippen LogP contribution in [0.4, 0.5) is 0 Å². The molecular formula is C17H25N5O2. The molecule has 7 heteroatoms. The van der Waals surface area contributed by atoms with Gasteiger partial charge in [-0.25, -0.2) is 4.99 Å². The average Bonchev–Trinajstić information content (AvgIpc) is 3.13. The molecule has 7 nitrogen and oxygen atoms in total. The molecule has 0 bridgehead atoms. The minimum Gasteiger partial charge on any atom is -0.497 e. The van der Waals surface area contributed by atoms with Crippen molar-refractivity contribution in [1.29, 1.82) is 0 Å². The first kappa shape index (κ1) is 17.7. The van der Waals surface area contributed by atoms with Gasteiger partial charge in [0.25, 0.3) is 0 Å². The number of hydrogen-bond donors (Lipinski definition) is 2. The van der Waals surface area contributed by atoms with Crippen molar-refractivity contribution >= 4 is 5.96 Å². The van der Waals surface area contributed by atoms with Gasteiger partial charge in [0.2, 0.25) is 0 Å². The zero-order valence-electron chi connectivity index (χ0n) is 14.5. The molecule has 0 spiro atoms. The molecule has 2 rings (SSSR count). The third kappa shape index (κ3) is 5.19. The molecule has 2 aromatic rings. The van der Waals surface area contributed by atoms with E-state index in [0.717, 1.165) is 42.7 Å². The van der Waals surface area contributed by atoms with Crippen LogP contribution in [-0.4, -0.2) is 43.0 Å². The topological polar surface area (TPSA) is 72.7 Å². The smallest absolute Gasteiger partial charge is 0.191 e. The Bertz CT molecular complexity index is 640. The van der Waals surface area contributed by atoms with Gasteiger partial charge in [0, 0.05) is 37.1 Å². The van der Waals surface area contributed by atoms with Crippen molar-refractivity contribution in [3.8, 4) is 11.5 Å². The lowest BCUT2D eigenvalue weighted by Gasteiger charge is -2.12. The highest BCUT2D eigenvalue weighted by molar-refractivity contribution is 5.79. The van der Waals surface area contributed by atoms with E-state index >= 15 is 0 Å². The molecule has 0 unspecified atom stereocenters. The van der Waals surface area contributed by atoms with E-state index in [0.29, 0.717) is 6.54 Å². The predicted molar refractivity (Wildman–Crippen MR) is 94.6 cm³/mol. The monoisotopic (exact) mass is 331 g/mol. The number of hydrogen-bond acceptors (Lipinski definition) is 4. The second kappa shape index (κ2) is 9.44. The first-order valence-electron chi connectivity index (χ1n) is 7.97. The number of ether oxygens (including phenoxy) is 2. The summed E-state index contributed by atoms with van der Waals surface area (Å²) in [6.45, 7) is 4.88. The van der Waals surface area contributed by atoms with Gasteiger partial charge in [-0.3, -0.25) is 4.68 Å². The molecule has 130 valence electrons. The minimum absolute atomic E-state index is 0.518. The number of methoxy groups -OCH3 is 2. The Kier molecular flexibility index (Phi) is 6.94. The van der Waals surface area contributed by atoms with E-state index in [2.05, 4.69) is 20.7 Å². The number of guanidine groups is 1. The molecule has 24 heavy (non-hydrogen) atoms. The lowest BCUT2D eigenvalue weighted by atomic mass is 10.2. The molecule has 0 radical (unpaired) electrons. The number of benzene rings is 1. The molecule has 0 atom stereocenters. The van der Waals surface area contributed by atoms with Gasteiger partial charge in [-0.05, 0) is 25.1 Å². The summed E-state index contributed by atoms with van der Waals surface area (Å²) in [6.07, 6.45) is 3.71. The summed E-state index contributed by atoms with van der Waals surface area (Å²) in [5, 5.41) is 10.7. The van der Waals surface area contributed by atoms with Gasteiger partial charge in [0.05, 0.1) is 27.3 Å². The van der Waals surface area contributed by atoms with Crippen LogP contribution in [0.5, 0.6) is 11.5 Å². The summed E-state index contributed by atoms with van der Waals surface area (Å²) in [6, 6.07) is 7.65. The molecule has 1 aromatic heterocycles. The normalized spacial score (nSPS) is 11.2. The zero-order chi connectivity index (χ0) is 17.2. The van der Waals surface area contributed by atoms with Crippen LogP contribution in [-0.2, 0) is 13.1 Å². The first-order valence-corrected chi connectivity index (χ1v) is 7.97. The Morgan fingerprint density at radius 3 is 2.79 bits per heavy atom. The Morgan fingerprint density at radius 2 is 2.12 bits per heavy atom. The lowest BCUT2D eigenvalue weighted by molar-refractivity contribution is 0.391. The van der Waals surface area contributed by atoms with Gasteiger partial charge in [-0.1, -0.05) is 0 Å². The summed E-state index contributed by atoms with van der Waals surface area (Å²) in [7, 11) is 3.29. The van der Waals surface area contributed by atoms with Crippen LogP contribution in [0.2, 0.25) is 0 Å². The van der Waals surface area contributed by atoms with E-state index < -0.39 is 0 Å². The first-order chi connectivity index (χ1) is 11.8. The maximum atomic E-state index is 5.41. The number of rotatable bonds is 8. The van der Waals surface area contributed by atoms with Crippen molar-refractivity contribution in [3.05, 3.63) is 42.2 Å². The van der Waals surface area contributed by atoms with E-state index in [4.69, 9.17) is 9.47 Å². The van der Waals surface area contributed by atoms with E-state index in [-0.39, 0.29) is 0 Å². The maximum absolute atomic E-state index is 5.41. The fourth-order valence-electron chi connectivity index (χ4n) is 2.21. The minimum atomic E-state index is 0.518. The van der Waals surface area contributed by atoms with E-state index in [9.17, 15) is 0 Å². The second-order valence-corrected chi connectivity index (χ2v) is 5.07. The van der Waals surface area contributed by atoms with Crippen LogP contribution in [0.3, 0.4) is 0 Å². The van der Waals surface area contributed by atoms with Crippen molar-refractivity contribution in [2.45, 2.75) is 20.0 Å². The Labute approximate surface area is 142 Å². The number of aromatic nitrogens is 2. The molecule has 0 amide bonds. The van der Waals surface area contributed by atoms with Crippen LogP contribution in [0, 0.1) is 0 Å². The van der Waals surface area contributed by atoms with Crippen molar-refractivity contribution in [3.63, 3.8) is 0 Å². The fraction of sp³-hybridized carbons (Fsp3) is 0.412. The molecule has 0 fully saturated rings. The lowest BCUT2D eigenvalue weighted by Crippen LogP contribution is -2.38. The summed E-state index contributed by atoms with van der Waals surface area (Å²) >= 11 is 0. The number of nitrogens with one attached hydrogen (secondary N) is 2. The second-order valence-electron chi connectivity index (χ2n) is 5.07. The van der Waals surface area contributed by atoms with Crippen LogP contribution in [0.25, 0.3) is 0 Å². The Hall–Kier alpha value is -2.70. The number of nitrogens with zero attached hydrogens (tertiary/aromatic N) is 3. The molecule has 1 aromatic carbocycles. The van der Waals surface area contributed by atoms with Crippen molar-refractivity contribution in [1.82, 2.24) is 20.4 Å². The highest BCUT2D eigenvalue weighted by atomic mass is 16.5. The summed E-state index contributed by atoms with van der Waals surface area (Å²) < 4.78 is 12.5. The third-order valence-electron chi connectivity index (χ3n) is 3.44. The highest BCUT2D eigenvalue weighted by Gasteiger charge is 2.05. The van der Waals surface area contributed by atoms with Crippen LogP contribution < -0.4 is 20.1 Å². The molecule has 0 aliphatic carbocycles. The highest BCUT2D eigenvalue weighted by Crippen LogP contribution is 2.25. The summed E-state index contributed by atoms with van der Waals surface area (Å²) in [5.74, 6) is 2.30. The largest absolute Gasteiger partial charge is 0.497 e. The fourth-order valence-corrected chi connectivity index (χ4v) is 2.21. The van der Waals surface area contributed by atoms with Gasteiger partial charge in [-0.2, -0.15) is 5.10 Å². The van der Waals surface area contributed by atoms with Crippen molar-refractivity contribution in [2.75, 3.05) is 27.3 Å². The van der Waals surface area contributed by atoms with Crippen molar-refractivity contribution in [2.24, 2.45) is 4.99 Å². The molecular weight excluding hydrogens is 306 g/mol. The predicted octanol–water partition coefficient (Wildman–Crippen LogP) is 1.66. The average molecular weight is 331 g/mol. The van der Waals surface area contributed by atoms with E-state index in [1.54, 1.807) is 20.4 Å². The zero-order valence-corrected chi connectivity index (χ0v) is 14.5. The molecule has 0 aliphatic rings. The van der Waals surface area contributed by atoms with Gasteiger partial charge in [0.15, 0.2) is 5.96 Å². The van der Waals surface area contributed by atoms with Gasteiger partial charge >= 0.3 is 0 Å². The molecule has 0 saturated heterocycles. The molecule has 1 heterocycles. The van der Waals surface area contributed by atoms with E-state index in [1.165, 1.54) is 0 Å². The quantitative estimate of drug-likeness (QED) is 0.568. The molecule has 2 N–H and O–H groups in total. The van der Waals surface area contributed by atoms with E-state index in [1.807, 2.05) is 42.1 Å². The van der Waals surface area contributed by atoms with Crippen LogP contribution >= 0.6 is 0 Å².